The van der Waals surface area contributed by atoms with Gasteiger partial charge in [-0.05, 0) is 23.5 Å². The molecule has 0 atom stereocenters. The van der Waals surface area contributed by atoms with E-state index in [0.717, 1.165) is 0 Å². The Bertz CT molecular complexity index is 1180. The summed E-state index contributed by atoms with van der Waals surface area (Å²) in [7, 11) is 0. The Morgan fingerprint density at radius 1 is 0.483 bits per heavy atom. The second-order valence-electron chi connectivity index (χ2n) is 6.43. The second-order valence-corrected chi connectivity index (χ2v) is 6.43. The van der Waals surface area contributed by atoms with Crippen LogP contribution in [0, 0.1) is 12.1 Å². The van der Waals surface area contributed by atoms with E-state index < -0.39 is 0 Å². The molecule has 4 nitrogen and oxygen atoms in total. The SMILES string of the molecule is O=C1c2[c-]c(ccc2)-c2cccc(n2)-c2[c-]c(ccc2)C(=O)c2cccc1n2.[Pt+2]. The third kappa shape index (κ3) is 3.48. The Balaban J connectivity index is 0.00000205. The summed E-state index contributed by atoms with van der Waals surface area (Å²) in [6.45, 7) is 0. The number of ketones is 2. The van der Waals surface area contributed by atoms with Crippen LogP contribution in [0.2, 0.25) is 0 Å². The predicted octanol–water partition coefficient (Wildman–Crippen LogP) is 4.18. The minimum Gasteiger partial charge on any atom is -0.333 e. The Labute approximate surface area is 181 Å². The summed E-state index contributed by atoms with van der Waals surface area (Å²) in [4.78, 5) is 34.8. The van der Waals surface area contributed by atoms with Gasteiger partial charge in [0, 0.05) is 0 Å². The molecule has 0 unspecified atom stereocenters. The minimum absolute atomic E-state index is 0. The Morgan fingerprint density at radius 2 is 0.828 bits per heavy atom. The summed E-state index contributed by atoms with van der Waals surface area (Å²) in [5.41, 5.74) is 3.98. The third-order valence-electron chi connectivity index (χ3n) is 4.59. The van der Waals surface area contributed by atoms with E-state index in [1.54, 1.807) is 42.5 Å². The third-order valence-corrected chi connectivity index (χ3v) is 4.59. The molecule has 0 fully saturated rings. The summed E-state index contributed by atoms with van der Waals surface area (Å²) >= 11 is 0. The van der Waals surface area contributed by atoms with E-state index in [0.29, 0.717) is 33.6 Å². The van der Waals surface area contributed by atoms with Crippen molar-refractivity contribution < 1.29 is 30.7 Å². The zero-order chi connectivity index (χ0) is 19.1. The summed E-state index contributed by atoms with van der Waals surface area (Å²) in [5, 5.41) is 0. The van der Waals surface area contributed by atoms with Crippen LogP contribution in [0.25, 0.3) is 22.5 Å². The van der Waals surface area contributed by atoms with Gasteiger partial charge in [0.15, 0.2) is 0 Å². The maximum Gasteiger partial charge on any atom is 2.00 e. The number of pyridine rings is 2. The maximum absolute atomic E-state index is 12.9. The molecule has 0 saturated heterocycles. The van der Waals surface area contributed by atoms with Crippen LogP contribution < -0.4 is 0 Å². The molecule has 0 aliphatic carbocycles. The van der Waals surface area contributed by atoms with Crippen LogP contribution in [0.15, 0.2) is 72.8 Å². The summed E-state index contributed by atoms with van der Waals surface area (Å²) in [6.07, 6.45) is 0. The topological polar surface area (TPSA) is 59.9 Å². The van der Waals surface area contributed by atoms with Crippen molar-refractivity contribution in [3.8, 4) is 22.5 Å². The zero-order valence-corrected chi connectivity index (χ0v) is 17.2. The molecule has 29 heavy (non-hydrogen) atoms. The number of benzene rings is 2. The van der Waals surface area contributed by atoms with E-state index in [1.165, 1.54) is 0 Å². The quantitative estimate of drug-likeness (QED) is 0.269. The van der Waals surface area contributed by atoms with Gasteiger partial charge in [0.05, 0.1) is 11.4 Å². The van der Waals surface area contributed by atoms with Crippen molar-refractivity contribution in [2.75, 3.05) is 0 Å². The van der Waals surface area contributed by atoms with Crippen LogP contribution in [0.3, 0.4) is 0 Å². The first-order valence-corrected chi connectivity index (χ1v) is 8.78. The first-order chi connectivity index (χ1) is 13.7. The van der Waals surface area contributed by atoms with Gasteiger partial charge in [-0.2, -0.15) is 0 Å². The molecule has 140 valence electrons. The predicted molar refractivity (Wildman–Crippen MR) is 104 cm³/mol. The average Bonchev–Trinajstić information content (AvgIpc) is 2.78. The number of aromatic nitrogens is 2. The van der Waals surface area contributed by atoms with Gasteiger partial charge < -0.3 is 14.6 Å². The smallest absolute Gasteiger partial charge is 0.333 e. The van der Waals surface area contributed by atoms with Crippen molar-refractivity contribution in [1.29, 1.82) is 0 Å². The second kappa shape index (κ2) is 7.65. The molecular weight excluding hydrogens is 543 g/mol. The van der Waals surface area contributed by atoms with E-state index in [2.05, 4.69) is 22.1 Å². The number of fused-ring (bicyclic) bond motifs is 10. The standard InChI is InChI=1S/C24H12N2O2.Pt/c27-23-17-7-1-5-15(13-17)19-9-3-10-20(25-19)16-6-2-8-18(14-16)24(28)22-12-4-11-21(23)26-22;/h1-12H;/q-2;+2. The molecule has 1 aliphatic heterocycles. The molecular formula is C24H12N2O2Pt. The molecule has 0 amide bonds. The van der Waals surface area contributed by atoms with Crippen LogP contribution in [-0.2, 0) is 21.1 Å². The number of hydrogen-bond acceptors (Lipinski definition) is 4. The molecule has 4 aromatic rings. The molecule has 5 rings (SSSR count). The Hall–Kier alpha value is -3.23. The van der Waals surface area contributed by atoms with Crippen LogP contribution in [0.4, 0.5) is 0 Å². The molecule has 0 radical (unpaired) electrons. The van der Waals surface area contributed by atoms with Crippen LogP contribution in [0.5, 0.6) is 0 Å². The van der Waals surface area contributed by atoms with Crippen molar-refractivity contribution in [3.63, 3.8) is 0 Å². The van der Waals surface area contributed by atoms with Crippen molar-refractivity contribution >= 4 is 11.6 Å². The fourth-order valence-corrected chi connectivity index (χ4v) is 3.20. The molecule has 8 bridgehead atoms. The van der Waals surface area contributed by atoms with Gasteiger partial charge in [0.1, 0.15) is 11.6 Å². The molecule has 0 spiro atoms. The minimum atomic E-state index is -0.289. The molecule has 0 saturated carbocycles. The van der Waals surface area contributed by atoms with Gasteiger partial charge in [-0.3, -0.25) is 4.98 Å². The average molecular weight is 555 g/mol. The van der Waals surface area contributed by atoms with Gasteiger partial charge in [-0.1, -0.05) is 46.5 Å². The normalized spacial score (nSPS) is 12.0. The summed E-state index contributed by atoms with van der Waals surface area (Å²) in [6, 6.07) is 27.4. The largest absolute Gasteiger partial charge is 2.00 e. The van der Waals surface area contributed by atoms with Gasteiger partial charge in [0.2, 0.25) is 0 Å². The van der Waals surface area contributed by atoms with E-state index in [9.17, 15) is 9.59 Å². The van der Waals surface area contributed by atoms with E-state index in [4.69, 9.17) is 0 Å². The molecule has 0 N–H and O–H groups in total. The van der Waals surface area contributed by atoms with Gasteiger partial charge in [0.25, 0.3) is 0 Å². The molecule has 5 heteroatoms. The summed E-state index contributed by atoms with van der Waals surface area (Å²) in [5.74, 6) is -0.579. The Kier molecular flexibility index (Phi) is 5.04. The van der Waals surface area contributed by atoms with Crippen molar-refractivity contribution in [3.05, 3.63) is 107 Å². The van der Waals surface area contributed by atoms with Crippen LogP contribution >= 0.6 is 0 Å². The zero-order valence-electron chi connectivity index (χ0n) is 15.0. The first-order valence-electron chi connectivity index (χ1n) is 8.78. The van der Waals surface area contributed by atoms with Crippen molar-refractivity contribution in [2.45, 2.75) is 0 Å². The number of hydrogen-bond donors (Lipinski definition) is 0. The fraction of sp³-hybridized carbons (Fsp3) is 0. The number of carbonyl (C=O) groups excluding carboxylic acids is 2. The number of nitrogens with zero attached hydrogens (tertiary/aromatic N) is 2. The van der Waals surface area contributed by atoms with Gasteiger partial charge in [-0.15, -0.1) is 48.5 Å². The van der Waals surface area contributed by atoms with Crippen LogP contribution in [0.1, 0.15) is 32.1 Å². The van der Waals surface area contributed by atoms with Gasteiger partial charge in [-0.25, -0.2) is 0 Å². The molecule has 2 aromatic heterocycles. The molecule has 2 aromatic carbocycles. The maximum atomic E-state index is 12.9. The summed E-state index contributed by atoms with van der Waals surface area (Å²) < 4.78 is 0. The monoisotopic (exact) mass is 555 g/mol. The Morgan fingerprint density at radius 3 is 1.31 bits per heavy atom. The van der Waals surface area contributed by atoms with Crippen molar-refractivity contribution in [1.82, 2.24) is 9.97 Å². The van der Waals surface area contributed by atoms with Crippen molar-refractivity contribution in [2.24, 2.45) is 0 Å². The fourth-order valence-electron chi connectivity index (χ4n) is 3.20. The number of rotatable bonds is 0. The molecule has 1 aliphatic rings. The van der Waals surface area contributed by atoms with E-state index in [-0.39, 0.29) is 44.0 Å². The number of carbonyl (C=O) groups is 2. The molecule has 3 heterocycles. The first kappa shape index (κ1) is 19.1. The van der Waals surface area contributed by atoms with Gasteiger partial charge >= 0.3 is 21.1 Å². The van der Waals surface area contributed by atoms with Crippen LogP contribution in [-0.4, -0.2) is 21.5 Å². The van der Waals surface area contributed by atoms with E-state index >= 15 is 0 Å². The van der Waals surface area contributed by atoms with E-state index in [1.807, 2.05) is 30.3 Å².